The third kappa shape index (κ3) is 3.64. The van der Waals surface area contributed by atoms with E-state index in [1.165, 1.54) is 5.56 Å². The van der Waals surface area contributed by atoms with Crippen molar-refractivity contribution < 1.29 is 5.11 Å². The van der Waals surface area contributed by atoms with Crippen molar-refractivity contribution in [2.75, 3.05) is 5.73 Å². The molecule has 26 heavy (non-hydrogen) atoms. The molecular formula is C20H17N3O3. The monoisotopic (exact) mass is 347 g/mol. The Morgan fingerprint density at radius 2 is 1.31 bits per heavy atom. The van der Waals surface area contributed by atoms with Gasteiger partial charge in [-0.15, -0.1) is 0 Å². The first kappa shape index (κ1) is 17.0. The Morgan fingerprint density at radius 3 is 1.96 bits per heavy atom. The molecule has 130 valence electrons. The molecule has 4 aromatic rings. The Hall–Kier alpha value is -3.80. The maximum atomic E-state index is 11.2. The van der Waals surface area contributed by atoms with Crippen LogP contribution in [-0.4, -0.2) is 15.3 Å². The van der Waals surface area contributed by atoms with E-state index in [2.05, 4.69) is 10.2 Å². The Morgan fingerprint density at radius 1 is 0.692 bits per heavy atom. The lowest BCUT2D eigenvalue weighted by molar-refractivity contribution is 0.475. The van der Waals surface area contributed by atoms with Gasteiger partial charge in [-0.1, -0.05) is 48.5 Å². The smallest absolute Gasteiger partial charge is 0.272 e. The highest BCUT2D eigenvalue weighted by Gasteiger charge is 2.04. The van der Waals surface area contributed by atoms with Gasteiger partial charge in [0.25, 0.3) is 11.1 Å². The Kier molecular flexibility index (Phi) is 4.85. The predicted octanol–water partition coefficient (Wildman–Crippen LogP) is 2.86. The number of aromatic hydroxyl groups is 1. The van der Waals surface area contributed by atoms with Gasteiger partial charge in [-0.3, -0.25) is 19.8 Å². The van der Waals surface area contributed by atoms with Crippen molar-refractivity contribution in [1.82, 2.24) is 10.2 Å². The largest absolute Gasteiger partial charge is 0.508 e. The minimum absolute atomic E-state index is 0.242. The van der Waals surface area contributed by atoms with E-state index in [0.717, 1.165) is 5.56 Å². The van der Waals surface area contributed by atoms with Crippen LogP contribution in [0, 0.1) is 0 Å². The van der Waals surface area contributed by atoms with Gasteiger partial charge in [0.2, 0.25) is 0 Å². The van der Waals surface area contributed by atoms with Crippen LogP contribution in [0.3, 0.4) is 0 Å². The van der Waals surface area contributed by atoms with Crippen molar-refractivity contribution in [3.63, 3.8) is 0 Å². The normalized spacial score (nSPS) is 10.2. The van der Waals surface area contributed by atoms with E-state index in [9.17, 15) is 9.59 Å². The Bertz CT molecular complexity index is 1130. The summed E-state index contributed by atoms with van der Waals surface area (Å²) in [5.41, 5.74) is 7.43. The minimum Gasteiger partial charge on any atom is -0.508 e. The van der Waals surface area contributed by atoms with Gasteiger partial charge in [-0.25, -0.2) is 0 Å². The minimum atomic E-state index is -0.382. The number of phenols is 1. The van der Waals surface area contributed by atoms with Crippen molar-refractivity contribution >= 4 is 16.5 Å². The zero-order chi connectivity index (χ0) is 18.5. The third-order valence-electron chi connectivity index (χ3n) is 3.83. The average molecular weight is 347 g/mol. The van der Waals surface area contributed by atoms with Crippen LogP contribution in [0.15, 0.2) is 82.4 Å². The highest BCUT2D eigenvalue weighted by molar-refractivity contribution is 5.91. The average Bonchev–Trinajstić information content (AvgIpc) is 2.67. The maximum absolute atomic E-state index is 11.2. The molecule has 0 atom stereocenters. The molecule has 0 aliphatic rings. The van der Waals surface area contributed by atoms with Gasteiger partial charge in [0.05, 0.1) is 10.8 Å². The van der Waals surface area contributed by atoms with Crippen molar-refractivity contribution in [3.8, 4) is 16.9 Å². The molecule has 5 N–H and O–H groups in total. The fraction of sp³-hybridized carbons (Fsp3) is 0. The number of aromatic amines is 2. The summed E-state index contributed by atoms with van der Waals surface area (Å²) in [4.78, 5) is 22.4. The fourth-order valence-electron chi connectivity index (χ4n) is 2.54. The summed E-state index contributed by atoms with van der Waals surface area (Å²) in [7, 11) is 0. The molecule has 0 bridgehead atoms. The summed E-state index contributed by atoms with van der Waals surface area (Å²) in [6, 6.07) is 22.1. The van der Waals surface area contributed by atoms with Crippen LogP contribution in [-0.2, 0) is 0 Å². The molecule has 1 heterocycles. The van der Waals surface area contributed by atoms with Crippen molar-refractivity contribution in [2.45, 2.75) is 0 Å². The van der Waals surface area contributed by atoms with E-state index < -0.39 is 0 Å². The number of nitrogen functional groups attached to an aromatic ring is 1. The number of anilines is 1. The fourth-order valence-corrected chi connectivity index (χ4v) is 2.54. The van der Waals surface area contributed by atoms with Gasteiger partial charge in [0.1, 0.15) is 5.75 Å². The molecule has 0 aliphatic carbocycles. The molecule has 0 radical (unpaired) electrons. The first-order valence-corrected chi connectivity index (χ1v) is 7.90. The van der Waals surface area contributed by atoms with Crippen LogP contribution in [0.5, 0.6) is 5.75 Å². The van der Waals surface area contributed by atoms with Crippen LogP contribution in [0.2, 0.25) is 0 Å². The molecule has 0 aliphatic heterocycles. The quantitative estimate of drug-likeness (QED) is 0.397. The maximum Gasteiger partial charge on any atom is 0.272 e. The number of hydrogen-bond acceptors (Lipinski definition) is 4. The zero-order valence-corrected chi connectivity index (χ0v) is 13.8. The number of benzene rings is 3. The molecule has 6 nitrogen and oxygen atoms in total. The van der Waals surface area contributed by atoms with Gasteiger partial charge in [-0.05, 0) is 35.4 Å². The van der Waals surface area contributed by atoms with Crippen LogP contribution in [0.25, 0.3) is 21.9 Å². The standard InChI is InChI=1S/C12H10O.C8H7N3O2/c13-12-8-6-11(7-9-12)10-4-2-1-3-5-10;9-5-3-1-2-4-6(5)8(13)11-10-7(4)12/h1-9,13H;1-3H,9H2,(H,10,12)(H,11,13). The molecular weight excluding hydrogens is 330 g/mol. The summed E-state index contributed by atoms with van der Waals surface area (Å²) in [5.74, 6) is 0.305. The summed E-state index contributed by atoms with van der Waals surface area (Å²) < 4.78 is 0. The number of aromatic nitrogens is 2. The highest BCUT2D eigenvalue weighted by Crippen LogP contribution is 2.20. The number of phenolic OH excluding ortho intramolecular Hbond substituents is 1. The molecule has 0 spiro atoms. The molecule has 1 aromatic heterocycles. The molecule has 0 saturated carbocycles. The van der Waals surface area contributed by atoms with Gasteiger partial charge in [-0.2, -0.15) is 0 Å². The first-order valence-electron chi connectivity index (χ1n) is 7.90. The summed E-state index contributed by atoms with van der Waals surface area (Å²) in [6.07, 6.45) is 0. The molecule has 0 saturated heterocycles. The summed E-state index contributed by atoms with van der Waals surface area (Å²) in [6.45, 7) is 0. The van der Waals surface area contributed by atoms with E-state index in [0.29, 0.717) is 16.8 Å². The zero-order valence-electron chi connectivity index (χ0n) is 13.8. The van der Waals surface area contributed by atoms with Crippen molar-refractivity contribution in [3.05, 3.63) is 93.5 Å². The number of rotatable bonds is 1. The lowest BCUT2D eigenvalue weighted by Gasteiger charge is -2.00. The van der Waals surface area contributed by atoms with Gasteiger partial charge < -0.3 is 10.8 Å². The number of H-pyrrole nitrogens is 2. The number of hydrogen-bond donors (Lipinski definition) is 4. The van der Waals surface area contributed by atoms with E-state index in [1.54, 1.807) is 30.3 Å². The Balaban J connectivity index is 0.000000151. The second-order valence-corrected chi connectivity index (χ2v) is 5.59. The highest BCUT2D eigenvalue weighted by atomic mass is 16.3. The van der Waals surface area contributed by atoms with Gasteiger partial charge in [0, 0.05) is 5.69 Å². The number of nitrogens with two attached hydrogens (primary N) is 1. The van der Waals surface area contributed by atoms with E-state index >= 15 is 0 Å². The molecule has 0 amide bonds. The second-order valence-electron chi connectivity index (χ2n) is 5.59. The number of fused-ring (bicyclic) bond motifs is 1. The van der Waals surface area contributed by atoms with Crippen LogP contribution < -0.4 is 16.9 Å². The van der Waals surface area contributed by atoms with Crippen molar-refractivity contribution in [1.29, 1.82) is 0 Å². The van der Waals surface area contributed by atoms with Crippen LogP contribution in [0.4, 0.5) is 5.69 Å². The topological polar surface area (TPSA) is 112 Å². The SMILES string of the molecule is Nc1cccc2c(=O)[nH][nH]c(=O)c12.Oc1ccc(-c2ccccc2)cc1. The number of nitrogens with one attached hydrogen (secondary N) is 2. The van der Waals surface area contributed by atoms with Gasteiger partial charge >= 0.3 is 0 Å². The van der Waals surface area contributed by atoms with Crippen molar-refractivity contribution in [2.24, 2.45) is 0 Å². The van der Waals surface area contributed by atoms with E-state index in [-0.39, 0.29) is 16.5 Å². The molecule has 0 unspecified atom stereocenters. The molecule has 0 fully saturated rings. The first-order chi connectivity index (χ1) is 12.6. The van der Waals surface area contributed by atoms with E-state index in [1.807, 2.05) is 42.5 Å². The molecule has 3 aromatic carbocycles. The van der Waals surface area contributed by atoms with Gasteiger partial charge in [0.15, 0.2) is 0 Å². The predicted molar refractivity (Wildman–Crippen MR) is 103 cm³/mol. The van der Waals surface area contributed by atoms with Crippen LogP contribution in [0.1, 0.15) is 0 Å². The summed E-state index contributed by atoms with van der Waals surface area (Å²) in [5, 5.41) is 14.1. The Labute approximate surface area is 148 Å². The second kappa shape index (κ2) is 7.40. The molecule has 4 rings (SSSR count). The summed E-state index contributed by atoms with van der Waals surface area (Å²) >= 11 is 0. The lowest BCUT2D eigenvalue weighted by Crippen LogP contribution is -2.19. The third-order valence-corrected chi connectivity index (χ3v) is 3.83. The van der Waals surface area contributed by atoms with Crippen LogP contribution >= 0.6 is 0 Å². The lowest BCUT2D eigenvalue weighted by atomic mass is 10.1. The van der Waals surface area contributed by atoms with E-state index in [4.69, 9.17) is 10.8 Å². The molecule has 6 heteroatoms.